The molecule has 3 fully saturated rings. The predicted molar refractivity (Wildman–Crippen MR) is 103 cm³/mol. The first-order valence-corrected chi connectivity index (χ1v) is 10.1. The summed E-state index contributed by atoms with van der Waals surface area (Å²) in [5.74, 6) is 0.796. The van der Waals surface area contributed by atoms with Gasteiger partial charge in [-0.2, -0.15) is 0 Å². The number of nitrogens with zero attached hydrogens (tertiary/aromatic N) is 3. The molecule has 5 heteroatoms. The number of aromatic nitrogens is 1. The van der Waals surface area contributed by atoms with Gasteiger partial charge in [-0.25, -0.2) is 4.98 Å². The van der Waals surface area contributed by atoms with Crippen LogP contribution in [-0.2, 0) is 11.3 Å². The van der Waals surface area contributed by atoms with Crippen LogP contribution in [0.15, 0.2) is 35.7 Å². The minimum Gasteiger partial charge on any atom is -0.383 e. The van der Waals surface area contributed by atoms with Gasteiger partial charge in [0.15, 0.2) is 0 Å². The Labute approximate surface area is 154 Å². The summed E-state index contributed by atoms with van der Waals surface area (Å²) in [6, 6.07) is 11.2. The smallest absolute Gasteiger partial charge is 0.107 e. The van der Waals surface area contributed by atoms with E-state index < -0.39 is 0 Å². The summed E-state index contributed by atoms with van der Waals surface area (Å²) in [5.41, 5.74) is 2.33. The first kappa shape index (κ1) is 17.2. The second-order valence-electron chi connectivity index (χ2n) is 7.27. The fourth-order valence-electron chi connectivity index (χ4n) is 4.20. The average Bonchev–Trinajstić information content (AvgIpc) is 2.93. The van der Waals surface area contributed by atoms with Crippen molar-refractivity contribution >= 4 is 11.3 Å². The number of ether oxygens (including phenoxy) is 1. The van der Waals surface area contributed by atoms with Crippen molar-refractivity contribution in [3.05, 3.63) is 40.7 Å². The van der Waals surface area contributed by atoms with Crippen molar-refractivity contribution in [1.82, 2.24) is 14.8 Å². The molecule has 1 aromatic carbocycles. The Morgan fingerprint density at radius 1 is 1.16 bits per heavy atom. The molecule has 4 nitrogen and oxygen atoms in total. The third-order valence-electron chi connectivity index (χ3n) is 5.47. The lowest BCUT2D eigenvalue weighted by Crippen LogP contribution is -2.45. The summed E-state index contributed by atoms with van der Waals surface area (Å²) in [7, 11) is 1.80. The van der Waals surface area contributed by atoms with E-state index in [9.17, 15) is 0 Å². The monoisotopic (exact) mass is 357 g/mol. The van der Waals surface area contributed by atoms with E-state index >= 15 is 0 Å². The molecule has 0 radical (unpaired) electrons. The van der Waals surface area contributed by atoms with Crippen LogP contribution in [0, 0.1) is 5.92 Å². The molecular formula is C20H27N3OS. The first-order valence-electron chi connectivity index (χ1n) is 9.27. The molecule has 0 unspecified atom stereocenters. The molecule has 0 saturated carbocycles. The average molecular weight is 358 g/mol. The fraction of sp³-hybridized carbons (Fsp3) is 0.550. The molecule has 3 aliphatic rings. The van der Waals surface area contributed by atoms with E-state index in [0.717, 1.165) is 31.3 Å². The van der Waals surface area contributed by atoms with Crippen LogP contribution >= 0.6 is 11.3 Å². The van der Waals surface area contributed by atoms with E-state index in [2.05, 4.69) is 45.5 Å². The Bertz CT molecular complexity index is 675. The quantitative estimate of drug-likeness (QED) is 0.793. The van der Waals surface area contributed by atoms with Gasteiger partial charge in [0.05, 0.1) is 18.8 Å². The normalized spacial score (nSPS) is 24.5. The molecule has 2 atom stereocenters. The van der Waals surface area contributed by atoms with Crippen LogP contribution < -0.4 is 0 Å². The number of methoxy groups -OCH3 is 1. The van der Waals surface area contributed by atoms with Gasteiger partial charge in [-0.3, -0.25) is 9.80 Å². The number of hydrogen-bond donors (Lipinski definition) is 0. The Morgan fingerprint density at radius 3 is 2.88 bits per heavy atom. The van der Waals surface area contributed by atoms with E-state index in [1.807, 2.05) is 0 Å². The molecule has 0 amide bonds. The molecule has 2 aromatic rings. The van der Waals surface area contributed by atoms with Gasteiger partial charge in [-0.15, -0.1) is 11.3 Å². The van der Waals surface area contributed by atoms with Gasteiger partial charge < -0.3 is 4.74 Å². The third-order valence-corrected chi connectivity index (χ3v) is 6.30. The Balaban J connectivity index is 1.41. The Hall–Kier alpha value is -1.27. The molecule has 134 valence electrons. The highest BCUT2D eigenvalue weighted by Crippen LogP contribution is 2.29. The molecule has 25 heavy (non-hydrogen) atoms. The fourth-order valence-corrected chi connectivity index (χ4v) is 5.05. The largest absolute Gasteiger partial charge is 0.383 e. The molecule has 3 aliphatic heterocycles. The van der Waals surface area contributed by atoms with Crippen LogP contribution in [-0.4, -0.2) is 60.7 Å². The molecular weight excluding hydrogens is 330 g/mol. The molecule has 3 saturated heterocycles. The third kappa shape index (κ3) is 4.11. The summed E-state index contributed by atoms with van der Waals surface area (Å²) in [6.45, 7) is 6.51. The summed E-state index contributed by atoms with van der Waals surface area (Å²) in [5, 5.41) is 3.44. The lowest BCUT2D eigenvalue weighted by Gasteiger charge is -2.35. The van der Waals surface area contributed by atoms with Crippen molar-refractivity contribution in [2.75, 3.05) is 39.9 Å². The zero-order valence-electron chi connectivity index (χ0n) is 14.9. The standard InChI is InChI=1S/C20H27N3OS/c1-24-10-9-23-12-16-7-8-18(23)13-22(11-16)14-20-21-19(15-25-20)17-5-3-2-4-6-17/h2-6,15-16,18H,7-14H2,1H3/t16-,18+/m0/s1. The lowest BCUT2D eigenvalue weighted by atomic mass is 9.95. The van der Waals surface area contributed by atoms with Crippen LogP contribution in [0.3, 0.4) is 0 Å². The van der Waals surface area contributed by atoms with Crippen LogP contribution in [0.25, 0.3) is 11.3 Å². The van der Waals surface area contributed by atoms with Crippen molar-refractivity contribution in [1.29, 1.82) is 0 Å². The number of rotatable bonds is 6. The van der Waals surface area contributed by atoms with Gasteiger partial charge in [-0.1, -0.05) is 30.3 Å². The molecule has 5 rings (SSSR count). The van der Waals surface area contributed by atoms with Gasteiger partial charge in [0, 0.05) is 50.3 Å². The van der Waals surface area contributed by atoms with Crippen molar-refractivity contribution in [3.8, 4) is 11.3 Å². The highest BCUT2D eigenvalue weighted by atomic mass is 32.1. The maximum absolute atomic E-state index is 5.30. The van der Waals surface area contributed by atoms with E-state index in [0.29, 0.717) is 6.04 Å². The Kier molecular flexibility index (Phi) is 5.46. The topological polar surface area (TPSA) is 28.6 Å². The maximum Gasteiger partial charge on any atom is 0.107 e. The van der Waals surface area contributed by atoms with Crippen molar-refractivity contribution in [2.24, 2.45) is 5.92 Å². The SMILES string of the molecule is COCCN1C[C@H]2CC[C@@H]1CN(Cc1nc(-c3ccccc3)cs1)C2. The Morgan fingerprint density at radius 2 is 2.04 bits per heavy atom. The maximum atomic E-state index is 5.30. The molecule has 0 N–H and O–H groups in total. The van der Waals surface area contributed by atoms with E-state index in [-0.39, 0.29) is 0 Å². The van der Waals surface area contributed by atoms with E-state index in [1.165, 1.54) is 43.0 Å². The number of piperidine rings is 1. The van der Waals surface area contributed by atoms with E-state index in [4.69, 9.17) is 9.72 Å². The molecule has 0 aliphatic carbocycles. The zero-order valence-corrected chi connectivity index (χ0v) is 15.8. The number of benzene rings is 1. The summed E-state index contributed by atoms with van der Waals surface area (Å²) in [4.78, 5) is 10.2. The van der Waals surface area contributed by atoms with Crippen LogP contribution in [0.2, 0.25) is 0 Å². The van der Waals surface area contributed by atoms with Gasteiger partial charge in [0.1, 0.15) is 5.01 Å². The lowest BCUT2D eigenvalue weighted by molar-refractivity contribution is 0.0867. The van der Waals surface area contributed by atoms with Crippen LogP contribution in [0.1, 0.15) is 17.8 Å². The number of fused-ring (bicyclic) bond motifs is 4. The number of hydrogen-bond acceptors (Lipinski definition) is 5. The predicted octanol–water partition coefficient (Wildman–Crippen LogP) is 3.35. The van der Waals surface area contributed by atoms with Gasteiger partial charge in [0.2, 0.25) is 0 Å². The summed E-state index contributed by atoms with van der Waals surface area (Å²) >= 11 is 1.80. The van der Waals surface area contributed by atoms with Crippen molar-refractivity contribution in [2.45, 2.75) is 25.4 Å². The van der Waals surface area contributed by atoms with Crippen LogP contribution in [0.4, 0.5) is 0 Å². The number of thiazole rings is 1. The minimum atomic E-state index is 0.683. The van der Waals surface area contributed by atoms with Crippen LogP contribution in [0.5, 0.6) is 0 Å². The van der Waals surface area contributed by atoms with Crippen molar-refractivity contribution < 1.29 is 4.74 Å². The molecule has 1 aromatic heterocycles. The minimum absolute atomic E-state index is 0.683. The summed E-state index contributed by atoms with van der Waals surface area (Å²) in [6.07, 6.45) is 2.70. The van der Waals surface area contributed by atoms with Gasteiger partial charge in [0.25, 0.3) is 0 Å². The highest BCUT2D eigenvalue weighted by Gasteiger charge is 2.34. The highest BCUT2D eigenvalue weighted by molar-refractivity contribution is 7.09. The molecule has 2 bridgehead atoms. The van der Waals surface area contributed by atoms with E-state index in [1.54, 1.807) is 18.4 Å². The second-order valence-corrected chi connectivity index (χ2v) is 8.21. The molecule has 4 heterocycles. The first-order chi connectivity index (χ1) is 12.3. The van der Waals surface area contributed by atoms with Gasteiger partial charge >= 0.3 is 0 Å². The van der Waals surface area contributed by atoms with Gasteiger partial charge in [-0.05, 0) is 18.8 Å². The van der Waals surface area contributed by atoms with Crippen molar-refractivity contribution in [3.63, 3.8) is 0 Å². The zero-order chi connectivity index (χ0) is 17.1. The summed E-state index contributed by atoms with van der Waals surface area (Å²) < 4.78 is 5.30. The molecule has 0 spiro atoms. The second kappa shape index (κ2) is 7.96.